The third-order valence-electron chi connectivity index (χ3n) is 4.79. The Labute approximate surface area is 198 Å². The Balaban J connectivity index is 2.00. The molecule has 33 heavy (non-hydrogen) atoms. The van der Waals surface area contributed by atoms with E-state index in [-0.39, 0.29) is 33.6 Å². The van der Waals surface area contributed by atoms with Crippen molar-refractivity contribution in [3.63, 3.8) is 0 Å². The Morgan fingerprint density at radius 3 is 2.09 bits per heavy atom. The smallest absolute Gasteiger partial charge is 0.339 e. The summed E-state index contributed by atoms with van der Waals surface area (Å²) >= 11 is 5.91. The SMILES string of the molecule is Cc1ccc(S(=O)(=O)Oc2ccc(C(=O)c3ccc(Cl)cc3)c(NC(=O)C(C)(C)C)c2)cc1. The second-order valence-corrected chi connectivity index (χ2v) is 10.6. The lowest BCUT2D eigenvalue weighted by molar-refractivity contribution is -0.123. The first-order valence-electron chi connectivity index (χ1n) is 10.1. The third kappa shape index (κ3) is 6.00. The number of anilines is 1. The summed E-state index contributed by atoms with van der Waals surface area (Å²) in [4.78, 5) is 25.7. The molecule has 3 rings (SSSR count). The summed E-state index contributed by atoms with van der Waals surface area (Å²) in [6, 6.07) is 16.7. The van der Waals surface area contributed by atoms with Crippen LogP contribution in [0, 0.1) is 12.3 Å². The molecule has 6 nitrogen and oxygen atoms in total. The van der Waals surface area contributed by atoms with Gasteiger partial charge in [-0.15, -0.1) is 0 Å². The monoisotopic (exact) mass is 485 g/mol. The lowest BCUT2D eigenvalue weighted by atomic mass is 9.94. The van der Waals surface area contributed by atoms with Crippen LogP contribution in [0.25, 0.3) is 0 Å². The number of aryl methyl sites for hydroxylation is 1. The minimum atomic E-state index is -4.11. The highest BCUT2D eigenvalue weighted by atomic mass is 35.5. The van der Waals surface area contributed by atoms with Gasteiger partial charge in [-0.25, -0.2) is 0 Å². The summed E-state index contributed by atoms with van der Waals surface area (Å²) in [6.45, 7) is 7.03. The topological polar surface area (TPSA) is 89.5 Å². The van der Waals surface area contributed by atoms with Gasteiger partial charge in [-0.3, -0.25) is 9.59 Å². The minimum Gasteiger partial charge on any atom is -0.379 e. The van der Waals surface area contributed by atoms with Crippen molar-refractivity contribution in [2.75, 3.05) is 5.32 Å². The Bertz CT molecular complexity index is 1290. The van der Waals surface area contributed by atoms with Gasteiger partial charge in [-0.05, 0) is 55.5 Å². The molecule has 1 amide bonds. The molecule has 3 aromatic rings. The molecule has 1 N–H and O–H groups in total. The van der Waals surface area contributed by atoms with E-state index in [1.807, 2.05) is 6.92 Å². The van der Waals surface area contributed by atoms with Crippen LogP contribution in [0.3, 0.4) is 0 Å². The average Bonchev–Trinajstić information content (AvgIpc) is 2.73. The summed E-state index contributed by atoms with van der Waals surface area (Å²) in [5.41, 5.74) is 0.866. The van der Waals surface area contributed by atoms with Gasteiger partial charge in [-0.1, -0.05) is 50.1 Å². The van der Waals surface area contributed by atoms with Crippen LogP contribution in [-0.2, 0) is 14.9 Å². The van der Waals surface area contributed by atoms with Crippen molar-refractivity contribution in [1.82, 2.24) is 0 Å². The van der Waals surface area contributed by atoms with Crippen molar-refractivity contribution in [1.29, 1.82) is 0 Å². The predicted octanol–water partition coefficient (Wildman–Crippen LogP) is 5.63. The highest BCUT2D eigenvalue weighted by molar-refractivity contribution is 7.87. The van der Waals surface area contributed by atoms with Gasteiger partial charge in [0.15, 0.2) is 5.78 Å². The molecule has 0 aromatic heterocycles. The van der Waals surface area contributed by atoms with Gasteiger partial charge < -0.3 is 9.50 Å². The Morgan fingerprint density at radius 2 is 1.52 bits per heavy atom. The van der Waals surface area contributed by atoms with Crippen LogP contribution in [0.1, 0.15) is 42.3 Å². The first-order chi connectivity index (χ1) is 15.4. The van der Waals surface area contributed by atoms with E-state index in [9.17, 15) is 18.0 Å². The fraction of sp³-hybridized carbons (Fsp3) is 0.200. The first kappa shape index (κ1) is 24.5. The molecule has 3 aromatic carbocycles. The molecule has 0 atom stereocenters. The molecular formula is C25H24ClNO5S. The maximum absolute atomic E-state index is 13.1. The molecule has 0 saturated heterocycles. The van der Waals surface area contributed by atoms with E-state index in [1.54, 1.807) is 57.2 Å². The molecule has 0 unspecified atom stereocenters. The highest BCUT2D eigenvalue weighted by Gasteiger charge is 2.25. The summed E-state index contributed by atoms with van der Waals surface area (Å²) in [6.07, 6.45) is 0. The van der Waals surface area contributed by atoms with Crippen LogP contribution in [0.15, 0.2) is 71.6 Å². The summed E-state index contributed by atoms with van der Waals surface area (Å²) < 4.78 is 30.7. The Morgan fingerprint density at radius 1 is 0.909 bits per heavy atom. The van der Waals surface area contributed by atoms with E-state index < -0.39 is 15.5 Å². The number of amides is 1. The van der Waals surface area contributed by atoms with Gasteiger partial charge in [0.05, 0.1) is 5.69 Å². The summed E-state index contributed by atoms with van der Waals surface area (Å²) in [5, 5.41) is 3.21. The molecule has 0 fully saturated rings. The molecule has 0 spiro atoms. The summed E-state index contributed by atoms with van der Waals surface area (Å²) in [5.74, 6) is -0.734. The number of hydrogen-bond acceptors (Lipinski definition) is 5. The van der Waals surface area contributed by atoms with Gasteiger partial charge in [0, 0.05) is 27.6 Å². The lowest BCUT2D eigenvalue weighted by Crippen LogP contribution is -2.28. The first-order valence-corrected chi connectivity index (χ1v) is 11.9. The maximum Gasteiger partial charge on any atom is 0.339 e. The van der Waals surface area contributed by atoms with Gasteiger partial charge in [0.25, 0.3) is 0 Å². The van der Waals surface area contributed by atoms with E-state index in [1.165, 1.54) is 30.3 Å². The normalized spacial score (nSPS) is 11.7. The maximum atomic E-state index is 13.1. The molecule has 0 heterocycles. The van der Waals surface area contributed by atoms with E-state index >= 15 is 0 Å². The zero-order valence-electron chi connectivity index (χ0n) is 18.7. The quantitative estimate of drug-likeness (QED) is 0.361. The molecule has 0 bridgehead atoms. The van der Waals surface area contributed by atoms with E-state index in [0.717, 1.165) is 5.56 Å². The van der Waals surface area contributed by atoms with Crippen molar-refractivity contribution in [3.8, 4) is 5.75 Å². The van der Waals surface area contributed by atoms with Gasteiger partial charge in [0.1, 0.15) is 10.6 Å². The number of carbonyl (C=O) groups is 2. The van der Waals surface area contributed by atoms with Crippen molar-refractivity contribution in [3.05, 3.63) is 88.4 Å². The van der Waals surface area contributed by atoms with Gasteiger partial charge in [0.2, 0.25) is 5.91 Å². The molecule has 0 aliphatic heterocycles. The fourth-order valence-corrected chi connectivity index (χ4v) is 3.87. The molecule has 172 valence electrons. The average molecular weight is 486 g/mol. The second-order valence-electron chi connectivity index (χ2n) is 8.60. The molecule has 0 saturated carbocycles. The highest BCUT2D eigenvalue weighted by Crippen LogP contribution is 2.29. The molecule has 0 aliphatic rings. The Kier molecular flexibility index (Phi) is 6.95. The number of benzene rings is 3. The molecule has 0 aliphatic carbocycles. The third-order valence-corrected chi connectivity index (χ3v) is 6.30. The zero-order valence-corrected chi connectivity index (χ0v) is 20.3. The van der Waals surface area contributed by atoms with Crippen molar-refractivity contribution in [2.24, 2.45) is 5.41 Å². The number of carbonyl (C=O) groups excluding carboxylic acids is 2. The fourth-order valence-electron chi connectivity index (χ4n) is 2.82. The van der Waals surface area contributed by atoms with Crippen LogP contribution >= 0.6 is 11.6 Å². The lowest BCUT2D eigenvalue weighted by Gasteiger charge is -2.20. The number of ketones is 1. The van der Waals surface area contributed by atoms with Crippen LogP contribution in [0.5, 0.6) is 5.75 Å². The summed E-state index contributed by atoms with van der Waals surface area (Å²) in [7, 11) is -4.11. The molecule has 0 radical (unpaired) electrons. The van der Waals surface area contributed by atoms with Gasteiger partial charge >= 0.3 is 10.1 Å². The van der Waals surface area contributed by atoms with Gasteiger partial charge in [-0.2, -0.15) is 8.42 Å². The van der Waals surface area contributed by atoms with Crippen LogP contribution in [0.2, 0.25) is 5.02 Å². The molecule has 8 heteroatoms. The van der Waals surface area contributed by atoms with Crippen molar-refractivity contribution < 1.29 is 22.2 Å². The van der Waals surface area contributed by atoms with Crippen LogP contribution in [-0.4, -0.2) is 20.1 Å². The number of nitrogens with one attached hydrogen (secondary N) is 1. The minimum absolute atomic E-state index is 0.00491. The van der Waals surface area contributed by atoms with Crippen molar-refractivity contribution in [2.45, 2.75) is 32.6 Å². The second kappa shape index (κ2) is 9.37. The van der Waals surface area contributed by atoms with Crippen molar-refractivity contribution >= 4 is 39.1 Å². The zero-order chi connectivity index (χ0) is 24.4. The number of hydrogen-bond donors (Lipinski definition) is 1. The molecular weight excluding hydrogens is 462 g/mol. The standard InChI is InChI=1S/C25H24ClNO5S/c1-16-5-12-20(13-6-16)33(30,31)32-19-11-14-21(22(15-19)27-24(29)25(2,3)4)23(28)17-7-9-18(26)10-8-17/h5-15H,1-4H3,(H,27,29). The Hall–Kier alpha value is -3.16. The van der Waals surface area contributed by atoms with Crippen LogP contribution < -0.4 is 9.50 Å². The van der Waals surface area contributed by atoms with Crippen LogP contribution in [0.4, 0.5) is 5.69 Å². The van der Waals surface area contributed by atoms with E-state index in [2.05, 4.69) is 5.32 Å². The predicted molar refractivity (Wildman–Crippen MR) is 128 cm³/mol. The van der Waals surface area contributed by atoms with E-state index in [4.69, 9.17) is 15.8 Å². The number of rotatable bonds is 6. The largest absolute Gasteiger partial charge is 0.379 e. The van der Waals surface area contributed by atoms with E-state index in [0.29, 0.717) is 10.6 Å². The number of halogens is 1.